The second kappa shape index (κ2) is 15.4. The van der Waals surface area contributed by atoms with Gasteiger partial charge in [0.25, 0.3) is 0 Å². The molecule has 1 atom stereocenters. The zero-order valence-electron chi connectivity index (χ0n) is 34.5. The van der Waals surface area contributed by atoms with Crippen LogP contribution in [0.3, 0.4) is 0 Å². The van der Waals surface area contributed by atoms with Crippen LogP contribution in [0.4, 0.5) is 0 Å². The van der Waals surface area contributed by atoms with Crippen LogP contribution in [0, 0.1) is 0 Å². The van der Waals surface area contributed by atoms with E-state index in [9.17, 15) is 0 Å². The van der Waals surface area contributed by atoms with Gasteiger partial charge >= 0.3 is 0 Å². The molecule has 0 saturated heterocycles. The number of fused-ring (bicyclic) bond motifs is 4. The molecule has 2 aliphatic rings. The van der Waals surface area contributed by atoms with Gasteiger partial charge < -0.3 is 10.1 Å². The molecule has 11 rings (SSSR count). The van der Waals surface area contributed by atoms with Crippen LogP contribution in [0.1, 0.15) is 55.1 Å². The third kappa shape index (κ3) is 6.41. The minimum absolute atomic E-state index is 0.286. The van der Waals surface area contributed by atoms with E-state index < -0.39 is 0 Å². The standard InChI is InChI=1S/C55H42N6O/c1-3-55(4-2)43-33-37(51-41-19-5-7-23-47(41)58-53(60-51)39-17-13-15-35(31-39)45-21-9-11-29-56-45)25-27-49(43)62-50-28-26-38(34-44(50)55)52-42-20-6-8-24-48(42)59-54(61-52)40-18-14-16-36(32-40)46-22-10-12-30-57-46/h5-34,53,60H,3-4H2,1-2H3. The van der Waals surface area contributed by atoms with E-state index in [-0.39, 0.29) is 11.6 Å². The van der Waals surface area contributed by atoms with Gasteiger partial charge in [0.05, 0.1) is 33.7 Å². The summed E-state index contributed by atoms with van der Waals surface area (Å²) in [5.41, 5.74) is 12.9. The van der Waals surface area contributed by atoms with Gasteiger partial charge in [-0.25, -0.2) is 9.97 Å². The fourth-order valence-electron chi connectivity index (χ4n) is 9.32. The van der Waals surface area contributed by atoms with Crippen LogP contribution in [0.15, 0.2) is 187 Å². The van der Waals surface area contributed by atoms with E-state index in [2.05, 4.69) is 150 Å². The maximum absolute atomic E-state index is 6.83. The van der Waals surface area contributed by atoms with Crippen molar-refractivity contribution in [2.45, 2.75) is 38.3 Å². The summed E-state index contributed by atoms with van der Waals surface area (Å²) in [5, 5.41) is 6.88. The summed E-state index contributed by atoms with van der Waals surface area (Å²) < 4.78 is 6.83. The molecule has 7 nitrogen and oxygen atoms in total. The molecule has 0 amide bonds. The van der Waals surface area contributed by atoms with E-state index in [0.717, 1.165) is 108 Å². The number of nitrogens with one attached hydrogen (secondary N) is 1. The number of para-hydroxylation sites is 2. The summed E-state index contributed by atoms with van der Waals surface area (Å²) in [6.07, 6.45) is 5.13. The Kier molecular flexibility index (Phi) is 9.23. The Labute approximate surface area is 360 Å². The Morgan fingerprint density at radius 1 is 0.548 bits per heavy atom. The number of rotatable bonds is 8. The van der Waals surface area contributed by atoms with E-state index >= 15 is 0 Å². The van der Waals surface area contributed by atoms with E-state index in [0.29, 0.717) is 5.82 Å². The van der Waals surface area contributed by atoms with Crippen molar-refractivity contribution in [1.29, 1.82) is 0 Å². The van der Waals surface area contributed by atoms with Gasteiger partial charge in [0.2, 0.25) is 0 Å². The Balaban J connectivity index is 1.01. The number of nitrogens with zero attached hydrogens (tertiary/aromatic N) is 5. The van der Waals surface area contributed by atoms with Crippen molar-refractivity contribution >= 4 is 16.6 Å². The molecule has 298 valence electrons. The molecule has 1 unspecified atom stereocenters. The number of pyridine rings is 2. The monoisotopic (exact) mass is 802 g/mol. The highest BCUT2D eigenvalue weighted by atomic mass is 16.5. The fourth-order valence-corrected chi connectivity index (χ4v) is 9.32. The molecule has 0 radical (unpaired) electrons. The van der Waals surface area contributed by atoms with E-state index in [1.165, 1.54) is 5.56 Å². The number of ether oxygens (including phenoxy) is 1. The average Bonchev–Trinajstić information content (AvgIpc) is 3.35. The van der Waals surface area contributed by atoms with Crippen LogP contribution in [0.5, 0.6) is 11.5 Å². The lowest BCUT2D eigenvalue weighted by atomic mass is 9.68. The first-order chi connectivity index (χ1) is 30.6. The van der Waals surface area contributed by atoms with Crippen LogP contribution in [0.25, 0.3) is 61.8 Å². The topological polar surface area (TPSA) is 85.2 Å². The number of aromatic nitrogens is 4. The van der Waals surface area contributed by atoms with Crippen LogP contribution < -0.4 is 20.6 Å². The number of hydrogen-bond acceptors (Lipinski definition) is 7. The number of hydrogen-bond donors (Lipinski definition) is 1. The first-order valence-electron chi connectivity index (χ1n) is 21.3. The van der Waals surface area contributed by atoms with Gasteiger partial charge in [0.15, 0.2) is 5.82 Å². The maximum Gasteiger partial charge on any atom is 0.160 e. The molecule has 0 bridgehead atoms. The molecule has 1 N–H and O–H groups in total. The molecule has 0 fully saturated rings. The second-order valence-electron chi connectivity index (χ2n) is 15.9. The van der Waals surface area contributed by atoms with E-state index in [4.69, 9.17) is 19.7 Å². The van der Waals surface area contributed by atoms with Crippen molar-refractivity contribution < 1.29 is 4.74 Å². The highest BCUT2D eigenvalue weighted by Crippen LogP contribution is 2.53. The predicted molar refractivity (Wildman–Crippen MR) is 247 cm³/mol. The third-order valence-electron chi connectivity index (χ3n) is 12.5. The Bertz CT molecular complexity index is 3290. The lowest BCUT2D eigenvalue weighted by Gasteiger charge is -2.40. The Hall–Kier alpha value is -7.77. The summed E-state index contributed by atoms with van der Waals surface area (Å²) in [4.78, 5) is 24.8. The molecular formula is C55H42N6O. The van der Waals surface area contributed by atoms with Gasteiger partial charge in [-0.1, -0.05) is 98.8 Å². The van der Waals surface area contributed by atoms with Crippen LogP contribution >= 0.6 is 0 Å². The van der Waals surface area contributed by atoms with Gasteiger partial charge in [0.1, 0.15) is 17.7 Å². The van der Waals surface area contributed by atoms with Crippen molar-refractivity contribution in [1.82, 2.24) is 25.3 Å². The van der Waals surface area contributed by atoms with Crippen molar-refractivity contribution in [2.24, 2.45) is 4.99 Å². The molecular weight excluding hydrogens is 761 g/mol. The first-order valence-corrected chi connectivity index (χ1v) is 21.3. The van der Waals surface area contributed by atoms with Crippen LogP contribution in [-0.4, -0.2) is 19.9 Å². The molecule has 7 heteroatoms. The molecule has 5 heterocycles. The highest BCUT2D eigenvalue weighted by molar-refractivity contribution is 5.94. The summed E-state index contributed by atoms with van der Waals surface area (Å²) in [5.74, 6) is 2.43. The van der Waals surface area contributed by atoms with E-state index in [1.807, 2.05) is 60.9 Å². The zero-order valence-corrected chi connectivity index (χ0v) is 34.5. The summed E-state index contributed by atoms with van der Waals surface area (Å²) >= 11 is 0. The normalized spacial score (nSPS) is 14.7. The van der Waals surface area contributed by atoms with Gasteiger partial charge in [-0.15, -0.1) is 0 Å². The smallest absolute Gasteiger partial charge is 0.160 e. The quantitative estimate of drug-likeness (QED) is 0.165. The minimum Gasteiger partial charge on any atom is -0.457 e. The lowest BCUT2D eigenvalue weighted by Crippen LogP contribution is -2.40. The summed E-state index contributed by atoms with van der Waals surface area (Å²) in [6.45, 7) is 4.58. The van der Waals surface area contributed by atoms with Crippen molar-refractivity contribution in [2.75, 3.05) is 0 Å². The second-order valence-corrected chi connectivity index (χ2v) is 15.9. The van der Waals surface area contributed by atoms with Gasteiger partial charge in [-0.3, -0.25) is 15.0 Å². The SMILES string of the molecule is CCC1(CC)c2cc(C3=c4ccccc4=NC(c4cccc(-c5ccccn5)c4)N3)ccc2Oc2ccc(-c3nc(-c4cccc(-c5ccccn5)c4)nc4ccccc34)cc21. The molecule has 62 heavy (non-hydrogen) atoms. The molecule has 6 aromatic carbocycles. The van der Waals surface area contributed by atoms with Crippen molar-refractivity contribution in [3.8, 4) is 56.7 Å². The fraction of sp³-hybridized carbons (Fsp3) is 0.109. The first kappa shape index (κ1) is 37.2. The van der Waals surface area contributed by atoms with Gasteiger partial charge in [-0.05, 0) is 109 Å². The molecule has 3 aromatic heterocycles. The highest BCUT2D eigenvalue weighted by Gasteiger charge is 2.40. The van der Waals surface area contributed by atoms with Crippen LogP contribution in [0.2, 0.25) is 0 Å². The molecule has 0 saturated carbocycles. The Morgan fingerprint density at radius 3 is 1.94 bits per heavy atom. The maximum atomic E-state index is 6.83. The summed E-state index contributed by atoms with van der Waals surface area (Å²) in [6, 6.07) is 58.7. The number of benzene rings is 6. The molecule has 0 spiro atoms. The minimum atomic E-state index is -0.326. The van der Waals surface area contributed by atoms with Crippen LogP contribution in [-0.2, 0) is 5.41 Å². The molecule has 0 aliphatic carbocycles. The molecule has 2 aliphatic heterocycles. The van der Waals surface area contributed by atoms with Gasteiger partial charge in [0, 0.05) is 61.8 Å². The van der Waals surface area contributed by atoms with Gasteiger partial charge in [-0.2, -0.15) is 0 Å². The van der Waals surface area contributed by atoms with Crippen molar-refractivity contribution in [3.05, 3.63) is 215 Å². The predicted octanol–water partition coefficient (Wildman–Crippen LogP) is 11.4. The zero-order chi connectivity index (χ0) is 41.6. The third-order valence-corrected chi connectivity index (χ3v) is 12.5. The summed E-state index contributed by atoms with van der Waals surface area (Å²) in [7, 11) is 0. The molecule has 9 aromatic rings. The van der Waals surface area contributed by atoms with E-state index in [1.54, 1.807) is 0 Å². The average molecular weight is 803 g/mol. The Morgan fingerprint density at radius 2 is 1.19 bits per heavy atom. The van der Waals surface area contributed by atoms with Crippen molar-refractivity contribution in [3.63, 3.8) is 0 Å². The lowest BCUT2D eigenvalue weighted by molar-refractivity contribution is 0.375. The largest absolute Gasteiger partial charge is 0.457 e.